The Labute approximate surface area is 682 Å². The highest BCUT2D eigenvalue weighted by atomic mass is 32.1. The molecule has 4 aromatic carbocycles. The van der Waals surface area contributed by atoms with Gasteiger partial charge in [0.05, 0.1) is 55.3 Å². The summed E-state index contributed by atoms with van der Waals surface area (Å²) in [7, 11) is 3.83. The lowest BCUT2D eigenvalue weighted by Crippen LogP contribution is -2.61. The Morgan fingerprint density at radius 1 is 0.551 bits per heavy atom. The first-order chi connectivity index (χ1) is 55.9. The van der Waals surface area contributed by atoms with Gasteiger partial charge >= 0.3 is 5.97 Å². The number of nitrogens with one attached hydrogen (secondary N) is 13. The Kier molecular flexibility index (Phi) is 36.3. The average Bonchev–Trinajstić information content (AvgIpc) is 0.745. The number of carbonyl (C=O) groups excluding carboxylic acids is 12. The van der Waals surface area contributed by atoms with E-state index >= 15 is 0 Å². The number of aromatic carboxylic acids is 1. The van der Waals surface area contributed by atoms with Crippen LogP contribution in [0.25, 0.3) is 33.4 Å². The van der Waals surface area contributed by atoms with Crippen molar-refractivity contribution in [3.8, 4) is 28.2 Å². The summed E-state index contributed by atoms with van der Waals surface area (Å²) in [5, 5.41) is 98.0. The molecule has 0 spiro atoms. The highest BCUT2D eigenvalue weighted by Gasteiger charge is 2.36. The van der Waals surface area contributed by atoms with Crippen molar-refractivity contribution in [2.45, 2.75) is 140 Å². The first-order valence-electron chi connectivity index (χ1n) is 37.4. The number of aliphatic hydroxyl groups is 3. The number of phenolic OH excluding ortho intramolecular Hbond substituents is 1. The number of hydrogen-bond acceptors (Lipinski definition) is 24. The van der Waals surface area contributed by atoms with Crippen LogP contribution in [-0.2, 0) is 64.0 Å². The summed E-state index contributed by atoms with van der Waals surface area (Å²) >= 11 is 5.32. The van der Waals surface area contributed by atoms with E-state index in [1.807, 2.05) is 43.3 Å². The van der Waals surface area contributed by atoms with E-state index in [0.29, 0.717) is 33.5 Å². The van der Waals surface area contributed by atoms with Gasteiger partial charge in [-0.3, -0.25) is 67.7 Å². The third-order valence-corrected chi connectivity index (χ3v) is 18.2. The lowest BCUT2D eigenvalue weighted by Gasteiger charge is -2.27. The first-order valence-corrected chi connectivity index (χ1v) is 37.8. The van der Waals surface area contributed by atoms with E-state index in [2.05, 4.69) is 74.0 Å². The number of nitrogens with zero attached hydrogens (tertiary/aromatic N) is 4. The molecule has 118 heavy (non-hydrogen) atoms. The number of carboxylic acids is 1. The summed E-state index contributed by atoms with van der Waals surface area (Å²) in [6.07, 6.45) is -4.00. The molecule has 0 bridgehead atoms. The number of azo groups is 1. The smallest absolute Gasteiger partial charge is 0.336 e. The van der Waals surface area contributed by atoms with Gasteiger partial charge < -0.3 is 121 Å². The van der Waals surface area contributed by atoms with Crippen molar-refractivity contribution in [2.75, 3.05) is 69.8 Å². The van der Waals surface area contributed by atoms with Gasteiger partial charge in [-0.25, -0.2) is 4.79 Å². The molecule has 24 N–H and O–H groups in total. The normalized spacial score (nSPS) is 13.4. The molecule has 1 aliphatic carbocycles. The quantitative estimate of drug-likeness (QED) is 0.00516. The standard InChI is InChI=1S/C77H100N20O20S/c1-40(87-74(114)67(42(3)100)93-71(111)57(88-43(4)101)27-28-61(78)104)68(108)89-56(12-9-30-84-76(79)80)69(109)90-55(11-7-8-29-82-62(105)33-44-13-15-45(16-14-44)94-95-46-17-19-47(20-18-46)96(5)6)70(110)91-58(39-98)72(112)92-66(41(2)99)73(113)86-38-64(107)85-37-63(106)83-31-10-32-97(77(81)118)48-21-24-51(54(34-48)75(115)116)65-52-25-22-49(102)35-59(52)117-60-36-50(103)23-26-53(60)65/h13-26,34-36,40-42,55-58,66-67,98-100,102H,7-12,27-33,37-39H2,1-6H3,(H2,78,104)(H2,81,118)(H,82,105)(H,83,106)(H,85,107)(H,86,113)(H,87,114)(H,88,101)(H,89,108)(H,90,109)(H,91,110)(H,92,112)(H,93,111)(H,115,116)(H4,79,80,84)/t40-,41+,42+,55-,56-,57-,58-,66-,67-/m0/s1. The fourth-order valence-electron chi connectivity index (χ4n) is 11.8. The Morgan fingerprint density at radius 2 is 1.08 bits per heavy atom. The van der Waals surface area contributed by atoms with Gasteiger partial charge in [-0.15, -0.1) is 0 Å². The van der Waals surface area contributed by atoms with Gasteiger partial charge in [-0.05, 0) is 162 Å². The average molecular weight is 1660 g/mol. The molecule has 12 amide bonds. The number of benzene rings is 5. The molecule has 0 radical (unpaired) electrons. The van der Waals surface area contributed by atoms with Crippen LogP contribution in [0.1, 0.15) is 95.0 Å². The van der Waals surface area contributed by atoms with Crippen molar-refractivity contribution in [3.05, 3.63) is 124 Å². The number of fused-ring (bicyclic) bond motifs is 2. The van der Waals surface area contributed by atoms with Gasteiger partial charge in [-0.2, -0.15) is 10.2 Å². The van der Waals surface area contributed by atoms with E-state index in [0.717, 1.165) is 26.5 Å². The zero-order valence-corrected chi connectivity index (χ0v) is 66.4. The highest BCUT2D eigenvalue weighted by Crippen LogP contribution is 2.43. The lowest BCUT2D eigenvalue weighted by atomic mass is 9.90. The lowest BCUT2D eigenvalue weighted by molar-refractivity contribution is -0.137. The van der Waals surface area contributed by atoms with Crippen LogP contribution in [0.15, 0.2) is 123 Å². The maximum atomic E-state index is 14.5. The van der Waals surface area contributed by atoms with Gasteiger partial charge in [0.2, 0.25) is 70.9 Å². The Morgan fingerprint density at radius 3 is 1.68 bits per heavy atom. The summed E-state index contributed by atoms with van der Waals surface area (Å²) in [5.74, 6) is -12.9. The summed E-state index contributed by atoms with van der Waals surface area (Å²) in [5.41, 5.74) is 20.6. The molecule has 9 atom stereocenters. The number of primary amides is 1. The van der Waals surface area contributed by atoms with E-state index in [1.165, 1.54) is 54.3 Å². The number of phenols is 1. The zero-order chi connectivity index (χ0) is 87.0. The topological polar surface area (TPSA) is 631 Å². The third-order valence-electron chi connectivity index (χ3n) is 18.0. The minimum absolute atomic E-state index is 0.0133. The van der Waals surface area contributed by atoms with E-state index < -0.39 is 151 Å². The van der Waals surface area contributed by atoms with E-state index in [1.54, 1.807) is 36.4 Å². The number of anilines is 2. The molecule has 0 saturated heterocycles. The number of guanidine groups is 1. The second-order valence-corrected chi connectivity index (χ2v) is 28.0. The number of hydrogen-bond donors (Lipinski definition) is 21. The van der Waals surface area contributed by atoms with E-state index in [-0.39, 0.29) is 134 Å². The molecule has 0 unspecified atom stereocenters. The molecule has 1 aliphatic heterocycles. The van der Waals surface area contributed by atoms with Gasteiger partial charge in [-0.1, -0.05) is 18.2 Å². The third kappa shape index (κ3) is 29.5. The number of unbranched alkanes of at least 4 members (excludes halogenated alkanes) is 1. The van der Waals surface area contributed by atoms with Gasteiger partial charge in [0.15, 0.2) is 16.5 Å². The minimum atomic E-state index is -1.92. The number of aromatic hydroxyl groups is 1. The number of rotatable bonds is 45. The molecular formula is C77H100N20O20S. The van der Waals surface area contributed by atoms with Gasteiger partial charge in [0.1, 0.15) is 59.4 Å². The van der Waals surface area contributed by atoms with Crippen LogP contribution in [0.5, 0.6) is 5.75 Å². The second kappa shape index (κ2) is 45.7. The molecule has 0 fully saturated rings. The van der Waals surface area contributed by atoms with Crippen LogP contribution < -0.4 is 96.2 Å². The van der Waals surface area contributed by atoms with Crippen molar-refractivity contribution in [3.63, 3.8) is 0 Å². The molecule has 6 rings (SSSR count). The molecule has 0 saturated carbocycles. The Bertz CT molecular complexity index is 4680. The first kappa shape index (κ1) is 93.6. The summed E-state index contributed by atoms with van der Waals surface area (Å²) in [4.78, 5) is 188. The predicted molar refractivity (Wildman–Crippen MR) is 436 cm³/mol. The van der Waals surface area contributed by atoms with Gasteiger partial charge in [0, 0.05) is 93.6 Å². The second-order valence-electron chi connectivity index (χ2n) is 27.6. The van der Waals surface area contributed by atoms with Crippen molar-refractivity contribution < 1.29 is 92.3 Å². The summed E-state index contributed by atoms with van der Waals surface area (Å²) in [6, 6.07) is 15.4. The molecule has 2 aliphatic rings. The SMILES string of the molecule is CC(=O)N[C@@H](CCC(N)=O)C(=O)N[C@H](C(=O)N[C@@H](C)C(=O)N[C@@H](CCCNC(=N)N)C(=O)N[C@@H](CCCCNC(=O)Cc1ccc(N=Nc2ccc(N(C)C)cc2)cc1)C(=O)N[C@@H](CO)C(=O)N[C@H](C(=O)NCC(=O)NCC(=O)NCCCN(C(N)=S)c1ccc(-c2c3ccc(=O)cc-3oc3cc(O)ccc23)c(C(=O)O)c1)[C@@H](C)O)[C@@H](C)O. The van der Waals surface area contributed by atoms with E-state index in [9.17, 15) is 92.7 Å². The van der Waals surface area contributed by atoms with Crippen molar-refractivity contribution >= 4 is 134 Å². The highest BCUT2D eigenvalue weighted by molar-refractivity contribution is 7.80. The molecule has 634 valence electrons. The fraction of sp³-hybridized carbons (Fsp3) is 0.403. The zero-order valence-electron chi connectivity index (χ0n) is 65.6. The van der Waals surface area contributed by atoms with Crippen LogP contribution in [0, 0.1) is 5.41 Å². The Hall–Kier alpha value is -13.3. The summed E-state index contributed by atoms with van der Waals surface area (Å²) < 4.78 is 5.92. The number of thiocarbonyl (C=S) groups is 1. The molecule has 41 heteroatoms. The maximum Gasteiger partial charge on any atom is 0.336 e. The fourth-order valence-corrected chi connectivity index (χ4v) is 12.0. The number of nitrogens with two attached hydrogens (primary N) is 3. The number of carbonyl (C=O) groups is 13. The van der Waals surface area contributed by atoms with Crippen LogP contribution in [0.4, 0.5) is 22.7 Å². The molecular weight excluding hydrogens is 1560 g/mol. The summed E-state index contributed by atoms with van der Waals surface area (Å²) in [6.45, 7) is 2.04. The van der Waals surface area contributed by atoms with Crippen LogP contribution in [0.3, 0.4) is 0 Å². The molecule has 1 heterocycles. The predicted octanol–water partition coefficient (Wildman–Crippen LogP) is -1.52. The molecule has 4 aromatic rings. The van der Waals surface area contributed by atoms with Crippen molar-refractivity contribution in [1.82, 2.24) is 63.8 Å². The van der Waals surface area contributed by atoms with Gasteiger partial charge in [0.25, 0.3) is 0 Å². The van der Waals surface area contributed by atoms with Crippen molar-refractivity contribution in [2.24, 2.45) is 27.4 Å². The van der Waals surface area contributed by atoms with E-state index in [4.69, 9.17) is 39.2 Å². The minimum Gasteiger partial charge on any atom is -0.508 e. The monoisotopic (exact) mass is 1660 g/mol. The number of carboxylic acid groups (broad SMARTS) is 1. The van der Waals surface area contributed by atoms with Crippen molar-refractivity contribution in [1.29, 1.82) is 5.41 Å². The largest absolute Gasteiger partial charge is 0.508 e. The Balaban J connectivity index is 1.08. The molecule has 0 aromatic heterocycles. The maximum absolute atomic E-state index is 14.5. The van der Waals surface area contributed by atoms with Crippen LogP contribution in [0.2, 0.25) is 0 Å². The van der Waals surface area contributed by atoms with Crippen LogP contribution in [-0.4, -0.2) is 228 Å². The molecule has 40 nitrogen and oxygen atoms in total. The number of amides is 12. The number of aliphatic hydroxyl groups excluding tert-OH is 3. The van der Waals surface area contributed by atoms with Crippen LogP contribution >= 0.6 is 12.2 Å².